The molecule has 0 saturated heterocycles. The number of hydrogen-bond acceptors (Lipinski definition) is 7. The predicted molar refractivity (Wildman–Crippen MR) is 112 cm³/mol. The van der Waals surface area contributed by atoms with E-state index in [1.54, 1.807) is 13.8 Å². The topological polar surface area (TPSA) is 103 Å². The van der Waals surface area contributed by atoms with Gasteiger partial charge in [-0.2, -0.15) is 5.10 Å². The quantitative estimate of drug-likeness (QED) is 0.236. The van der Waals surface area contributed by atoms with E-state index in [1.807, 2.05) is 13.8 Å². The maximum Gasteiger partial charge on any atom is 0.381 e. The Hall–Kier alpha value is -2.61. The van der Waals surface area contributed by atoms with E-state index in [2.05, 4.69) is 10.5 Å². The average molecular weight is 425 g/mol. The standard InChI is InChI=1S/C17H19FN3O5P.C2H6/c1-3-25-27(24,26-4-2)17(13-5-7-14(18)8-6-13)20-19-15-9-11-16(12-10-15)21(22)23;1-2/h5-12,19H,3-4H2,1-2H3;1-2H3/b20-17-;. The molecule has 8 nitrogen and oxygen atoms in total. The van der Waals surface area contributed by atoms with Crippen LogP contribution in [0.1, 0.15) is 33.3 Å². The first kappa shape index (κ1) is 24.4. The number of non-ortho nitro benzene ring substituents is 1. The van der Waals surface area contributed by atoms with Crippen molar-refractivity contribution in [1.82, 2.24) is 0 Å². The van der Waals surface area contributed by atoms with Crippen LogP contribution < -0.4 is 5.43 Å². The maximum absolute atomic E-state index is 13.3. The van der Waals surface area contributed by atoms with Gasteiger partial charge in [0.05, 0.1) is 23.8 Å². The molecular formula is C19H25FN3O5P. The average Bonchev–Trinajstić information content (AvgIpc) is 2.71. The van der Waals surface area contributed by atoms with Gasteiger partial charge < -0.3 is 9.05 Å². The van der Waals surface area contributed by atoms with Gasteiger partial charge >= 0.3 is 7.60 Å². The smallest absolute Gasteiger partial charge is 0.304 e. The Balaban J connectivity index is 0.00000204. The van der Waals surface area contributed by atoms with Crippen LogP contribution in [0.3, 0.4) is 0 Å². The van der Waals surface area contributed by atoms with Crippen molar-refractivity contribution in [2.45, 2.75) is 27.7 Å². The van der Waals surface area contributed by atoms with Crippen molar-refractivity contribution in [1.29, 1.82) is 0 Å². The molecule has 0 aromatic heterocycles. The Morgan fingerprint density at radius 1 is 1.07 bits per heavy atom. The fraction of sp³-hybridized carbons (Fsp3) is 0.316. The molecule has 158 valence electrons. The summed E-state index contributed by atoms with van der Waals surface area (Å²) >= 11 is 0. The van der Waals surface area contributed by atoms with Crippen LogP contribution in [0.5, 0.6) is 0 Å². The molecule has 2 aromatic carbocycles. The second kappa shape index (κ2) is 12.1. The first-order valence-corrected chi connectivity index (χ1v) is 10.7. The number of rotatable bonds is 9. The predicted octanol–water partition coefficient (Wildman–Crippen LogP) is 5.80. The van der Waals surface area contributed by atoms with Crippen molar-refractivity contribution < 1.29 is 22.9 Å². The third-order valence-electron chi connectivity index (χ3n) is 3.33. The van der Waals surface area contributed by atoms with E-state index >= 15 is 0 Å². The number of anilines is 1. The number of benzene rings is 2. The van der Waals surface area contributed by atoms with Gasteiger partial charge in [0.1, 0.15) is 5.82 Å². The molecule has 0 heterocycles. The first-order chi connectivity index (χ1) is 13.9. The van der Waals surface area contributed by atoms with Gasteiger partial charge in [-0.05, 0) is 50.2 Å². The fourth-order valence-electron chi connectivity index (χ4n) is 2.16. The molecule has 10 heteroatoms. The van der Waals surface area contributed by atoms with E-state index in [9.17, 15) is 19.1 Å². The van der Waals surface area contributed by atoms with E-state index in [1.165, 1.54) is 48.5 Å². The summed E-state index contributed by atoms with van der Waals surface area (Å²) in [4.78, 5) is 10.2. The van der Waals surface area contributed by atoms with Crippen molar-refractivity contribution in [2.24, 2.45) is 5.10 Å². The van der Waals surface area contributed by atoms with Gasteiger partial charge in [0.15, 0.2) is 5.45 Å². The van der Waals surface area contributed by atoms with Gasteiger partial charge in [-0.3, -0.25) is 20.1 Å². The van der Waals surface area contributed by atoms with Crippen LogP contribution in [0.2, 0.25) is 0 Å². The van der Waals surface area contributed by atoms with Crippen molar-refractivity contribution >= 4 is 24.4 Å². The molecule has 0 spiro atoms. The zero-order valence-electron chi connectivity index (χ0n) is 16.8. The van der Waals surface area contributed by atoms with Crippen molar-refractivity contribution in [3.05, 3.63) is 70.0 Å². The molecule has 0 fully saturated rings. The molecule has 0 radical (unpaired) electrons. The molecule has 1 N–H and O–H groups in total. The highest BCUT2D eigenvalue weighted by atomic mass is 31.2. The van der Waals surface area contributed by atoms with E-state index in [-0.39, 0.29) is 24.4 Å². The summed E-state index contributed by atoms with van der Waals surface area (Å²) in [6, 6.07) is 10.8. The number of nitro groups is 1. The molecule has 0 aliphatic heterocycles. The highest BCUT2D eigenvalue weighted by Crippen LogP contribution is 2.51. The summed E-state index contributed by atoms with van der Waals surface area (Å²) in [5.41, 5.74) is 3.38. The van der Waals surface area contributed by atoms with E-state index in [0.29, 0.717) is 11.3 Å². The summed E-state index contributed by atoms with van der Waals surface area (Å²) in [7, 11) is -3.77. The Morgan fingerprint density at radius 3 is 2.03 bits per heavy atom. The zero-order valence-corrected chi connectivity index (χ0v) is 17.7. The lowest BCUT2D eigenvalue weighted by Gasteiger charge is -2.19. The minimum absolute atomic E-state index is 0.0236. The summed E-state index contributed by atoms with van der Waals surface area (Å²) in [6.07, 6.45) is 0. The highest BCUT2D eigenvalue weighted by molar-refractivity contribution is 7.73. The molecule has 0 unspecified atom stereocenters. The third-order valence-corrected chi connectivity index (χ3v) is 5.40. The number of nitro benzene ring substituents is 1. The Kier molecular flexibility index (Phi) is 10.2. The summed E-state index contributed by atoms with van der Waals surface area (Å²) in [6.45, 7) is 7.57. The van der Waals surface area contributed by atoms with Gasteiger partial charge in [0, 0.05) is 17.7 Å². The van der Waals surface area contributed by atoms with Crippen LogP contribution in [0.25, 0.3) is 0 Å². The zero-order chi connectivity index (χ0) is 21.9. The number of nitrogens with one attached hydrogen (secondary N) is 1. The number of halogens is 1. The van der Waals surface area contributed by atoms with Crippen LogP contribution >= 0.6 is 7.60 Å². The summed E-state index contributed by atoms with van der Waals surface area (Å²) in [5.74, 6) is -0.455. The first-order valence-electron chi connectivity index (χ1n) is 9.13. The molecule has 0 amide bonds. The minimum Gasteiger partial charge on any atom is -0.304 e. The van der Waals surface area contributed by atoms with Crippen LogP contribution in [0, 0.1) is 15.9 Å². The summed E-state index contributed by atoms with van der Waals surface area (Å²) < 4.78 is 37.1. The second-order valence-corrected chi connectivity index (χ2v) is 7.13. The Bertz CT molecular complexity index is 847. The van der Waals surface area contributed by atoms with Gasteiger partial charge in [-0.25, -0.2) is 4.39 Å². The molecule has 29 heavy (non-hydrogen) atoms. The van der Waals surface area contributed by atoms with Crippen LogP contribution in [-0.2, 0) is 13.6 Å². The SMILES string of the molecule is CC.CCOP(=O)(OCC)/C(=N\Nc1ccc([N+](=O)[O-])cc1)c1ccc(F)cc1. The van der Waals surface area contributed by atoms with Gasteiger partial charge in [0.2, 0.25) is 0 Å². The van der Waals surface area contributed by atoms with Crippen molar-refractivity contribution in [2.75, 3.05) is 18.6 Å². The number of hydrogen-bond donors (Lipinski definition) is 1. The van der Waals surface area contributed by atoms with Gasteiger partial charge in [0.25, 0.3) is 5.69 Å². The van der Waals surface area contributed by atoms with Gasteiger partial charge in [-0.15, -0.1) is 0 Å². The molecule has 0 saturated carbocycles. The maximum atomic E-state index is 13.3. The largest absolute Gasteiger partial charge is 0.381 e. The third kappa shape index (κ3) is 7.05. The minimum atomic E-state index is -3.77. The molecular weight excluding hydrogens is 400 g/mol. The molecule has 0 aliphatic carbocycles. The fourth-order valence-corrected chi connectivity index (χ4v) is 3.79. The number of hydrazone groups is 1. The molecule has 0 bridgehead atoms. The van der Waals surface area contributed by atoms with Crippen LogP contribution in [0.15, 0.2) is 53.6 Å². The van der Waals surface area contributed by atoms with Crippen molar-refractivity contribution in [3.63, 3.8) is 0 Å². The lowest BCUT2D eigenvalue weighted by atomic mass is 10.2. The lowest BCUT2D eigenvalue weighted by Crippen LogP contribution is -2.11. The van der Waals surface area contributed by atoms with E-state index < -0.39 is 18.3 Å². The molecule has 0 atom stereocenters. The Morgan fingerprint density at radius 2 is 1.59 bits per heavy atom. The number of nitrogens with zero attached hydrogens (tertiary/aromatic N) is 2. The molecule has 2 aromatic rings. The monoisotopic (exact) mass is 425 g/mol. The van der Waals surface area contributed by atoms with E-state index in [0.717, 1.165) is 0 Å². The van der Waals surface area contributed by atoms with Gasteiger partial charge in [-0.1, -0.05) is 13.8 Å². The Labute approximate surface area is 169 Å². The molecule has 0 aliphatic rings. The van der Waals surface area contributed by atoms with E-state index in [4.69, 9.17) is 9.05 Å². The van der Waals surface area contributed by atoms with Crippen molar-refractivity contribution in [3.8, 4) is 0 Å². The normalized spacial score (nSPS) is 11.4. The lowest BCUT2D eigenvalue weighted by molar-refractivity contribution is -0.384. The summed E-state index contributed by atoms with van der Waals surface area (Å²) in [5, 5.41) is 14.9. The molecule has 2 rings (SSSR count). The van der Waals surface area contributed by atoms with Crippen LogP contribution in [0.4, 0.5) is 15.8 Å². The highest BCUT2D eigenvalue weighted by Gasteiger charge is 2.33. The second-order valence-electron chi connectivity index (χ2n) is 5.19. The van der Waals surface area contributed by atoms with Crippen LogP contribution in [-0.4, -0.2) is 23.6 Å².